The van der Waals surface area contributed by atoms with Crippen LogP contribution in [0.5, 0.6) is 5.75 Å². The highest BCUT2D eigenvalue weighted by Crippen LogP contribution is 2.53. The van der Waals surface area contributed by atoms with E-state index in [-0.39, 0.29) is 24.4 Å². The molecule has 0 aliphatic heterocycles. The predicted molar refractivity (Wildman–Crippen MR) is 91.7 cm³/mol. The molecule has 0 heterocycles. The molecule has 1 N–H and O–H groups in total. The van der Waals surface area contributed by atoms with Crippen LogP contribution in [0, 0.1) is 0 Å². The second-order valence-corrected chi connectivity index (χ2v) is 9.04. The third kappa shape index (κ3) is 6.64. The van der Waals surface area contributed by atoms with Crippen molar-refractivity contribution in [2.45, 2.75) is 66.1 Å². The van der Waals surface area contributed by atoms with E-state index in [0.29, 0.717) is 0 Å². The van der Waals surface area contributed by atoms with E-state index in [4.69, 9.17) is 13.6 Å². The first-order chi connectivity index (χ1) is 10.4. The van der Waals surface area contributed by atoms with E-state index in [1.165, 1.54) is 0 Å². The molecule has 1 atom stereocenters. The zero-order valence-electron chi connectivity index (χ0n) is 15.2. The van der Waals surface area contributed by atoms with Gasteiger partial charge in [-0.05, 0) is 56.4 Å². The third-order valence-corrected chi connectivity index (χ3v) is 4.72. The number of rotatable bonds is 6. The minimum Gasteiger partial charge on any atom is -0.508 e. The Kier molecular flexibility index (Phi) is 6.45. The lowest BCUT2D eigenvalue weighted by atomic mass is 9.85. The van der Waals surface area contributed by atoms with Crippen LogP contribution in [-0.2, 0) is 30.2 Å². The van der Waals surface area contributed by atoms with E-state index in [1.54, 1.807) is 39.8 Å². The van der Waals surface area contributed by atoms with Gasteiger partial charge in [-0.1, -0.05) is 26.8 Å². The number of hydrogen-bond donors (Lipinski definition) is 1. The van der Waals surface area contributed by atoms with Crippen molar-refractivity contribution in [2.75, 3.05) is 6.61 Å². The molecule has 0 saturated heterocycles. The molecule has 0 aliphatic carbocycles. The Hall–Kier alpha value is -0.870. The Labute approximate surface area is 139 Å². The standard InChI is InChI=1S/C17H29O5P/c1-8-20-23(19,22-17(5,6)7)21-12-13-9-10-15(18)14(11-13)16(2,3)4/h9-11,18H,8,12H2,1-7H3. The smallest absolute Gasteiger partial charge is 0.475 e. The Morgan fingerprint density at radius 1 is 1.09 bits per heavy atom. The average Bonchev–Trinajstić information content (AvgIpc) is 2.34. The fourth-order valence-electron chi connectivity index (χ4n) is 2.01. The molecule has 23 heavy (non-hydrogen) atoms. The Morgan fingerprint density at radius 3 is 2.17 bits per heavy atom. The lowest BCUT2D eigenvalue weighted by molar-refractivity contribution is 0.0419. The SMILES string of the molecule is CCOP(=O)(OCc1ccc(O)c(C(C)(C)C)c1)OC(C)(C)C. The summed E-state index contributed by atoms with van der Waals surface area (Å²) in [5, 5.41) is 9.99. The lowest BCUT2D eigenvalue weighted by Crippen LogP contribution is -2.19. The van der Waals surface area contributed by atoms with Gasteiger partial charge < -0.3 is 5.11 Å². The maximum atomic E-state index is 12.6. The summed E-state index contributed by atoms with van der Waals surface area (Å²) in [6.07, 6.45) is 0. The largest absolute Gasteiger partial charge is 0.508 e. The minimum absolute atomic E-state index is 0.0801. The molecular formula is C17H29O5P. The summed E-state index contributed by atoms with van der Waals surface area (Å²) in [7, 11) is -3.64. The van der Waals surface area contributed by atoms with Gasteiger partial charge in [0, 0.05) is 0 Å². The van der Waals surface area contributed by atoms with Crippen LogP contribution in [0.1, 0.15) is 59.6 Å². The van der Waals surface area contributed by atoms with Crippen LogP contribution in [-0.4, -0.2) is 17.3 Å². The van der Waals surface area contributed by atoms with E-state index in [2.05, 4.69) is 0 Å². The van der Waals surface area contributed by atoms with Gasteiger partial charge in [-0.2, -0.15) is 0 Å². The Balaban J connectivity index is 2.93. The fraction of sp³-hybridized carbons (Fsp3) is 0.647. The van der Waals surface area contributed by atoms with Gasteiger partial charge in [0.1, 0.15) is 5.75 Å². The molecule has 0 bridgehead atoms. The molecule has 1 unspecified atom stereocenters. The number of benzene rings is 1. The number of aromatic hydroxyl groups is 1. The zero-order chi connectivity index (χ0) is 17.9. The van der Waals surface area contributed by atoms with Crippen molar-refractivity contribution in [2.24, 2.45) is 0 Å². The topological polar surface area (TPSA) is 65.0 Å². The minimum atomic E-state index is -3.64. The van der Waals surface area contributed by atoms with Crippen LogP contribution in [0.3, 0.4) is 0 Å². The quantitative estimate of drug-likeness (QED) is 0.722. The van der Waals surface area contributed by atoms with Crippen LogP contribution < -0.4 is 0 Å². The first-order valence-electron chi connectivity index (χ1n) is 7.78. The average molecular weight is 344 g/mol. The number of phosphoric ester groups is 1. The van der Waals surface area contributed by atoms with Crippen molar-refractivity contribution >= 4 is 7.82 Å². The molecule has 0 amide bonds. The first-order valence-corrected chi connectivity index (χ1v) is 9.24. The van der Waals surface area contributed by atoms with E-state index < -0.39 is 13.4 Å². The van der Waals surface area contributed by atoms with E-state index in [0.717, 1.165) is 11.1 Å². The summed E-state index contributed by atoms with van der Waals surface area (Å²) in [5.74, 6) is 0.236. The maximum absolute atomic E-state index is 12.6. The number of phenolic OH excluding ortho intramolecular Hbond substituents is 1. The monoisotopic (exact) mass is 344 g/mol. The first kappa shape index (κ1) is 20.2. The summed E-state index contributed by atoms with van der Waals surface area (Å²) in [5.41, 5.74) is 0.758. The molecule has 6 heteroatoms. The third-order valence-electron chi connectivity index (χ3n) is 2.93. The summed E-state index contributed by atoms with van der Waals surface area (Å²) >= 11 is 0. The van der Waals surface area contributed by atoms with Gasteiger partial charge in [-0.15, -0.1) is 0 Å². The molecule has 0 radical (unpaired) electrons. The van der Waals surface area contributed by atoms with Crippen molar-refractivity contribution in [3.05, 3.63) is 29.3 Å². The van der Waals surface area contributed by atoms with Gasteiger partial charge in [0.15, 0.2) is 0 Å². The second-order valence-electron chi connectivity index (χ2n) is 7.44. The Bertz CT molecular complexity index is 569. The van der Waals surface area contributed by atoms with Crippen molar-refractivity contribution in [3.63, 3.8) is 0 Å². The molecule has 0 saturated carbocycles. The van der Waals surface area contributed by atoms with E-state index in [9.17, 15) is 9.67 Å². The number of phenols is 1. The van der Waals surface area contributed by atoms with Gasteiger partial charge in [-0.3, -0.25) is 13.6 Å². The van der Waals surface area contributed by atoms with Gasteiger partial charge in [-0.25, -0.2) is 4.57 Å². The molecule has 0 spiro atoms. The van der Waals surface area contributed by atoms with Crippen molar-refractivity contribution in [3.8, 4) is 5.75 Å². The van der Waals surface area contributed by atoms with Crippen LogP contribution >= 0.6 is 7.82 Å². The molecule has 0 aliphatic rings. The van der Waals surface area contributed by atoms with Gasteiger partial charge in [0.05, 0.1) is 18.8 Å². The summed E-state index contributed by atoms with van der Waals surface area (Å²) < 4.78 is 28.8. The summed E-state index contributed by atoms with van der Waals surface area (Å²) in [6, 6.07) is 5.20. The fourth-order valence-corrected chi connectivity index (χ4v) is 3.48. The number of phosphoric acid groups is 1. The van der Waals surface area contributed by atoms with Crippen LogP contribution in [0.15, 0.2) is 18.2 Å². The normalized spacial score (nSPS) is 15.4. The highest BCUT2D eigenvalue weighted by molar-refractivity contribution is 7.48. The van der Waals surface area contributed by atoms with Crippen molar-refractivity contribution in [1.82, 2.24) is 0 Å². The maximum Gasteiger partial charge on any atom is 0.475 e. The van der Waals surface area contributed by atoms with Gasteiger partial charge in [0.25, 0.3) is 0 Å². The molecule has 1 rings (SSSR count). The van der Waals surface area contributed by atoms with Gasteiger partial charge in [0.2, 0.25) is 0 Å². The lowest BCUT2D eigenvalue weighted by Gasteiger charge is -2.26. The van der Waals surface area contributed by atoms with Crippen LogP contribution in [0.2, 0.25) is 0 Å². The van der Waals surface area contributed by atoms with Crippen molar-refractivity contribution in [1.29, 1.82) is 0 Å². The summed E-state index contributed by atoms with van der Waals surface area (Å²) in [4.78, 5) is 0. The molecule has 1 aromatic carbocycles. The molecular weight excluding hydrogens is 315 g/mol. The molecule has 132 valence electrons. The van der Waals surface area contributed by atoms with Crippen molar-refractivity contribution < 1.29 is 23.2 Å². The molecule has 0 aromatic heterocycles. The molecule has 0 fully saturated rings. The zero-order valence-corrected chi connectivity index (χ0v) is 16.1. The highest BCUT2D eigenvalue weighted by atomic mass is 31.2. The molecule has 5 nitrogen and oxygen atoms in total. The van der Waals surface area contributed by atoms with E-state index >= 15 is 0 Å². The highest BCUT2D eigenvalue weighted by Gasteiger charge is 2.32. The van der Waals surface area contributed by atoms with Crippen LogP contribution in [0.25, 0.3) is 0 Å². The second kappa shape index (κ2) is 7.35. The Morgan fingerprint density at radius 2 is 1.70 bits per heavy atom. The number of hydrogen-bond acceptors (Lipinski definition) is 5. The predicted octanol–water partition coefficient (Wildman–Crippen LogP) is 5.17. The van der Waals surface area contributed by atoms with Gasteiger partial charge >= 0.3 is 7.82 Å². The summed E-state index contributed by atoms with van der Waals surface area (Å²) in [6.45, 7) is 13.5. The van der Waals surface area contributed by atoms with Crippen LogP contribution in [0.4, 0.5) is 0 Å². The van der Waals surface area contributed by atoms with E-state index in [1.807, 2.05) is 26.8 Å². The molecule has 1 aromatic rings.